The van der Waals surface area contributed by atoms with Crippen molar-refractivity contribution in [1.29, 1.82) is 0 Å². The van der Waals surface area contributed by atoms with E-state index in [2.05, 4.69) is 9.82 Å². The summed E-state index contributed by atoms with van der Waals surface area (Å²) < 4.78 is 40.0. The number of imidazole rings is 1. The minimum absolute atomic E-state index is 0.0958. The van der Waals surface area contributed by atoms with Crippen molar-refractivity contribution < 1.29 is 27.9 Å². The quantitative estimate of drug-likeness (QED) is 0.776. The highest BCUT2D eigenvalue weighted by Crippen LogP contribution is 2.40. The van der Waals surface area contributed by atoms with E-state index in [1.54, 1.807) is 12.4 Å². The molecule has 19 heavy (non-hydrogen) atoms. The van der Waals surface area contributed by atoms with Gasteiger partial charge in [0.15, 0.2) is 5.82 Å². The second-order valence-corrected chi connectivity index (χ2v) is 3.85. The molecule has 1 aromatic rings. The molecular weight excluding hydrogens is 267 g/mol. The number of alkyl halides is 3. The number of hydrogen-bond acceptors (Lipinski definition) is 4. The van der Waals surface area contributed by atoms with Crippen LogP contribution in [-0.2, 0) is 22.3 Å². The van der Waals surface area contributed by atoms with E-state index in [1.807, 2.05) is 0 Å². The normalized spacial score (nSPS) is 15.1. The van der Waals surface area contributed by atoms with Crippen molar-refractivity contribution >= 4 is 5.91 Å². The van der Waals surface area contributed by atoms with Crippen molar-refractivity contribution in [2.24, 2.45) is 7.05 Å². The van der Waals surface area contributed by atoms with Crippen LogP contribution in [0.3, 0.4) is 0 Å². The zero-order valence-corrected chi connectivity index (χ0v) is 10.4. The van der Waals surface area contributed by atoms with Gasteiger partial charge >= 0.3 is 6.18 Å². The lowest BCUT2D eigenvalue weighted by molar-refractivity contribution is -0.271. The van der Waals surface area contributed by atoms with Crippen LogP contribution in [0, 0.1) is 0 Å². The van der Waals surface area contributed by atoms with E-state index in [1.165, 1.54) is 13.2 Å². The highest BCUT2D eigenvalue weighted by Gasteiger charge is 2.58. The first-order valence-corrected chi connectivity index (χ1v) is 5.40. The van der Waals surface area contributed by atoms with Gasteiger partial charge in [-0.15, -0.1) is 0 Å². The van der Waals surface area contributed by atoms with Crippen LogP contribution in [0.1, 0.15) is 19.2 Å². The van der Waals surface area contributed by atoms with Gasteiger partial charge in [-0.05, 0) is 6.92 Å². The molecule has 0 aromatic carbocycles. The molecule has 0 saturated heterocycles. The van der Waals surface area contributed by atoms with Crippen LogP contribution in [0.4, 0.5) is 13.2 Å². The Kier molecular flexibility index (Phi) is 4.53. The molecule has 1 aromatic heterocycles. The van der Waals surface area contributed by atoms with Gasteiger partial charge in [0.05, 0.1) is 13.0 Å². The first-order valence-electron chi connectivity index (χ1n) is 5.40. The van der Waals surface area contributed by atoms with E-state index < -0.39 is 29.9 Å². The van der Waals surface area contributed by atoms with E-state index in [9.17, 15) is 23.1 Å². The maximum atomic E-state index is 13.0. The van der Waals surface area contributed by atoms with Gasteiger partial charge in [0, 0.05) is 19.4 Å². The second-order valence-electron chi connectivity index (χ2n) is 3.85. The number of nitrogens with one attached hydrogen (secondary N) is 1. The number of aliphatic hydroxyl groups is 1. The summed E-state index contributed by atoms with van der Waals surface area (Å²) in [7, 11) is 1.29. The minimum atomic E-state index is -5.05. The molecule has 9 heteroatoms. The Hall–Kier alpha value is -1.61. The third kappa shape index (κ3) is 3.24. The molecule has 1 atom stereocenters. The predicted octanol–water partition coefficient (Wildman–Crippen LogP) is 0.628. The molecule has 0 unspecified atom stereocenters. The average molecular weight is 281 g/mol. The van der Waals surface area contributed by atoms with Gasteiger partial charge in [-0.2, -0.15) is 13.2 Å². The molecule has 0 aliphatic rings. The molecule has 0 aliphatic carbocycles. The van der Waals surface area contributed by atoms with Crippen molar-refractivity contribution in [3.05, 3.63) is 18.2 Å². The Morgan fingerprint density at radius 1 is 1.58 bits per heavy atom. The van der Waals surface area contributed by atoms with Crippen LogP contribution in [0.25, 0.3) is 0 Å². The van der Waals surface area contributed by atoms with E-state index in [0.717, 1.165) is 10.8 Å². The minimum Gasteiger partial charge on any atom is -0.374 e. The number of halogens is 3. The van der Waals surface area contributed by atoms with Gasteiger partial charge < -0.3 is 9.67 Å². The lowest BCUT2D eigenvalue weighted by Gasteiger charge is -2.29. The molecule has 2 N–H and O–H groups in total. The Morgan fingerprint density at radius 2 is 2.21 bits per heavy atom. The number of hydrogen-bond donors (Lipinski definition) is 2. The maximum absolute atomic E-state index is 13.0. The first kappa shape index (κ1) is 15.4. The Morgan fingerprint density at radius 3 is 2.63 bits per heavy atom. The fraction of sp³-hybridized carbons (Fsp3) is 0.600. The monoisotopic (exact) mass is 281 g/mol. The summed E-state index contributed by atoms with van der Waals surface area (Å²) in [6.45, 7) is 1.65. The summed E-state index contributed by atoms with van der Waals surface area (Å²) in [6, 6.07) is 0. The number of amides is 1. The van der Waals surface area contributed by atoms with E-state index in [4.69, 9.17) is 0 Å². The summed E-state index contributed by atoms with van der Waals surface area (Å²) >= 11 is 0. The van der Waals surface area contributed by atoms with Crippen LogP contribution >= 0.6 is 0 Å². The number of carbonyl (C=O) groups excluding carboxylic acids is 1. The number of rotatable bonds is 5. The van der Waals surface area contributed by atoms with Crippen molar-refractivity contribution in [2.45, 2.75) is 25.1 Å². The topological polar surface area (TPSA) is 76.4 Å². The smallest absolute Gasteiger partial charge is 0.374 e. The molecule has 0 saturated carbocycles. The number of aromatic nitrogens is 2. The van der Waals surface area contributed by atoms with Gasteiger partial charge in [0.25, 0.3) is 0 Å². The number of hydroxylamine groups is 1. The molecule has 0 aliphatic heterocycles. The zero-order chi connectivity index (χ0) is 14.7. The van der Waals surface area contributed by atoms with Gasteiger partial charge in [-0.25, -0.2) is 10.5 Å². The molecule has 1 rings (SSSR count). The van der Waals surface area contributed by atoms with Crippen molar-refractivity contribution in [1.82, 2.24) is 15.0 Å². The van der Waals surface area contributed by atoms with Crippen LogP contribution in [0.15, 0.2) is 12.4 Å². The molecule has 108 valence electrons. The first-order chi connectivity index (χ1) is 8.72. The highest BCUT2D eigenvalue weighted by atomic mass is 19.4. The molecule has 1 heterocycles. The number of carbonyl (C=O) groups is 1. The Balaban J connectivity index is 3.02. The fourth-order valence-corrected chi connectivity index (χ4v) is 1.49. The summed E-state index contributed by atoms with van der Waals surface area (Å²) in [6.07, 6.45) is -3.93. The van der Waals surface area contributed by atoms with Gasteiger partial charge in [-0.1, -0.05) is 0 Å². The van der Waals surface area contributed by atoms with Crippen LogP contribution in [0.2, 0.25) is 0 Å². The average Bonchev–Trinajstić information content (AvgIpc) is 2.71. The number of nitrogens with zero attached hydrogens (tertiary/aromatic N) is 2. The van der Waals surface area contributed by atoms with Crippen LogP contribution in [-0.4, -0.2) is 33.3 Å². The zero-order valence-electron chi connectivity index (χ0n) is 10.4. The van der Waals surface area contributed by atoms with Gasteiger partial charge in [0.1, 0.15) is 0 Å². The Labute approximate surface area is 107 Å². The second kappa shape index (κ2) is 5.57. The maximum Gasteiger partial charge on any atom is 0.425 e. The number of aryl methyl sites for hydroxylation is 1. The van der Waals surface area contributed by atoms with Gasteiger partial charge in [-0.3, -0.25) is 9.63 Å². The van der Waals surface area contributed by atoms with E-state index in [0.29, 0.717) is 0 Å². The van der Waals surface area contributed by atoms with E-state index in [-0.39, 0.29) is 6.61 Å². The van der Waals surface area contributed by atoms with Crippen LogP contribution < -0.4 is 5.48 Å². The lowest BCUT2D eigenvalue weighted by Crippen LogP contribution is -2.47. The third-order valence-electron chi connectivity index (χ3n) is 2.41. The molecule has 0 radical (unpaired) electrons. The summed E-state index contributed by atoms with van der Waals surface area (Å²) in [5, 5.41) is 9.83. The van der Waals surface area contributed by atoms with Crippen LogP contribution in [0.5, 0.6) is 0 Å². The summed E-state index contributed by atoms with van der Waals surface area (Å²) in [5.41, 5.74) is -1.56. The summed E-state index contributed by atoms with van der Waals surface area (Å²) in [5.74, 6) is -1.75. The van der Waals surface area contributed by atoms with Crippen molar-refractivity contribution in [3.63, 3.8) is 0 Å². The molecule has 6 nitrogen and oxygen atoms in total. The lowest BCUT2D eigenvalue weighted by atomic mass is 9.97. The van der Waals surface area contributed by atoms with E-state index >= 15 is 0 Å². The third-order valence-corrected chi connectivity index (χ3v) is 2.41. The Bertz CT molecular complexity index is 447. The van der Waals surface area contributed by atoms with Crippen molar-refractivity contribution in [2.75, 3.05) is 6.61 Å². The largest absolute Gasteiger partial charge is 0.425 e. The molecular formula is C10H14F3N3O3. The molecule has 0 bridgehead atoms. The highest BCUT2D eigenvalue weighted by molar-refractivity contribution is 5.76. The standard InChI is InChI=1S/C10H14F3N3O3/c1-3-19-15-7(17)6-9(18,10(11,12)13)8-14-4-5-16(8)2/h4-5,18H,3,6H2,1-2H3,(H,15,17)/t9-/m1/s1. The predicted molar refractivity (Wildman–Crippen MR) is 57.5 cm³/mol. The molecule has 0 spiro atoms. The van der Waals surface area contributed by atoms with Gasteiger partial charge in [0.2, 0.25) is 11.5 Å². The van der Waals surface area contributed by atoms with Crippen molar-refractivity contribution in [3.8, 4) is 0 Å². The fourth-order valence-electron chi connectivity index (χ4n) is 1.49. The SMILES string of the molecule is CCONC(=O)C[C@@](O)(c1nccn1C)C(F)(F)F. The summed E-state index contributed by atoms with van der Waals surface area (Å²) in [4.78, 5) is 19.3. The molecule has 1 amide bonds. The molecule has 0 fully saturated rings.